The summed E-state index contributed by atoms with van der Waals surface area (Å²) < 4.78 is 6.79. The maximum Gasteiger partial charge on any atom is 0.316 e. The summed E-state index contributed by atoms with van der Waals surface area (Å²) in [4.78, 5) is 16.1. The van der Waals surface area contributed by atoms with E-state index in [1.165, 1.54) is 0 Å². The molecule has 18 heavy (non-hydrogen) atoms. The zero-order chi connectivity index (χ0) is 13.3. The van der Waals surface area contributed by atoms with Crippen molar-refractivity contribution in [2.75, 3.05) is 6.61 Å². The summed E-state index contributed by atoms with van der Waals surface area (Å²) in [5.41, 5.74) is 1.58. The van der Waals surface area contributed by atoms with Crippen LogP contribution in [0, 0.1) is 13.8 Å². The van der Waals surface area contributed by atoms with Crippen LogP contribution in [-0.4, -0.2) is 32.2 Å². The molecule has 6 nitrogen and oxygen atoms in total. The first-order valence-corrected chi connectivity index (χ1v) is 5.90. The summed E-state index contributed by atoms with van der Waals surface area (Å²) >= 11 is 0. The van der Waals surface area contributed by atoms with Gasteiger partial charge in [0.15, 0.2) is 11.5 Å². The fourth-order valence-corrected chi connectivity index (χ4v) is 1.91. The molecular formula is C12H16N4O2. The van der Waals surface area contributed by atoms with Gasteiger partial charge >= 0.3 is 5.97 Å². The van der Waals surface area contributed by atoms with Gasteiger partial charge in [-0.2, -0.15) is 0 Å². The second kappa shape index (κ2) is 4.72. The van der Waals surface area contributed by atoms with E-state index in [2.05, 4.69) is 15.2 Å². The van der Waals surface area contributed by atoms with E-state index in [1.54, 1.807) is 18.2 Å². The van der Waals surface area contributed by atoms with E-state index in [0.717, 1.165) is 11.5 Å². The van der Waals surface area contributed by atoms with Gasteiger partial charge < -0.3 is 4.74 Å². The Balaban J connectivity index is 2.49. The Morgan fingerprint density at radius 2 is 2.17 bits per heavy atom. The standard InChI is InChI=1S/C12H16N4O2/c1-5-18-12(17)8(3)11-15-14-10-6-7(2)13-9(4)16(10)11/h6,8H,5H2,1-4H3. The molecule has 0 aromatic carbocycles. The molecule has 0 saturated carbocycles. The fraction of sp³-hybridized carbons (Fsp3) is 0.500. The smallest absolute Gasteiger partial charge is 0.316 e. The number of ether oxygens (including phenoxy) is 1. The third-order valence-corrected chi connectivity index (χ3v) is 2.74. The first-order chi connectivity index (χ1) is 8.54. The Kier molecular flexibility index (Phi) is 3.27. The molecular weight excluding hydrogens is 232 g/mol. The average molecular weight is 248 g/mol. The maximum atomic E-state index is 11.7. The molecule has 6 heteroatoms. The monoisotopic (exact) mass is 248 g/mol. The summed E-state index contributed by atoms with van der Waals surface area (Å²) in [5.74, 6) is 0.574. The molecule has 2 aromatic rings. The molecule has 0 aliphatic carbocycles. The highest BCUT2D eigenvalue weighted by Crippen LogP contribution is 2.17. The summed E-state index contributed by atoms with van der Waals surface area (Å²) in [6.07, 6.45) is 0. The summed E-state index contributed by atoms with van der Waals surface area (Å²) in [7, 11) is 0. The average Bonchev–Trinajstić information content (AvgIpc) is 2.72. The lowest BCUT2D eigenvalue weighted by Gasteiger charge is -2.10. The van der Waals surface area contributed by atoms with Crippen LogP contribution in [0.1, 0.15) is 37.1 Å². The molecule has 2 aromatic heterocycles. The molecule has 2 heterocycles. The van der Waals surface area contributed by atoms with Crippen LogP contribution in [0.2, 0.25) is 0 Å². The van der Waals surface area contributed by atoms with E-state index in [9.17, 15) is 4.79 Å². The highest BCUT2D eigenvalue weighted by Gasteiger charge is 2.23. The Hall–Kier alpha value is -1.98. The van der Waals surface area contributed by atoms with Crippen LogP contribution in [0.4, 0.5) is 0 Å². The van der Waals surface area contributed by atoms with Crippen molar-refractivity contribution in [3.05, 3.63) is 23.4 Å². The number of aryl methyl sites for hydroxylation is 2. The van der Waals surface area contributed by atoms with Crippen molar-refractivity contribution in [3.8, 4) is 0 Å². The molecule has 1 atom stereocenters. The van der Waals surface area contributed by atoms with Crippen molar-refractivity contribution < 1.29 is 9.53 Å². The van der Waals surface area contributed by atoms with E-state index in [0.29, 0.717) is 18.1 Å². The van der Waals surface area contributed by atoms with E-state index in [4.69, 9.17) is 4.74 Å². The van der Waals surface area contributed by atoms with Gasteiger partial charge in [0.2, 0.25) is 0 Å². The minimum Gasteiger partial charge on any atom is -0.465 e. The Bertz CT molecular complexity index is 591. The number of carbonyl (C=O) groups is 1. The number of hydrogen-bond donors (Lipinski definition) is 0. The van der Waals surface area contributed by atoms with Gasteiger partial charge in [0.05, 0.1) is 6.61 Å². The van der Waals surface area contributed by atoms with Crippen molar-refractivity contribution in [1.29, 1.82) is 0 Å². The maximum absolute atomic E-state index is 11.7. The number of aromatic nitrogens is 4. The molecule has 0 radical (unpaired) electrons. The summed E-state index contributed by atoms with van der Waals surface area (Å²) in [5, 5.41) is 8.14. The minimum atomic E-state index is -0.455. The molecule has 0 N–H and O–H groups in total. The molecule has 96 valence electrons. The van der Waals surface area contributed by atoms with Gasteiger partial charge in [-0.05, 0) is 27.7 Å². The van der Waals surface area contributed by atoms with Crippen molar-refractivity contribution >= 4 is 11.6 Å². The lowest BCUT2D eigenvalue weighted by atomic mass is 10.1. The zero-order valence-electron chi connectivity index (χ0n) is 11.0. The third kappa shape index (κ3) is 2.05. The molecule has 0 aliphatic heterocycles. The fourth-order valence-electron chi connectivity index (χ4n) is 1.91. The summed E-state index contributed by atoms with van der Waals surface area (Å²) in [6, 6.07) is 1.83. The van der Waals surface area contributed by atoms with Crippen LogP contribution in [0.5, 0.6) is 0 Å². The van der Waals surface area contributed by atoms with Crippen LogP contribution in [0.25, 0.3) is 5.65 Å². The highest BCUT2D eigenvalue weighted by molar-refractivity contribution is 5.76. The number of carbonyl (C=O) groups excluding carboxylic acids is 1. The minimum absolute atomic E-state index is 0.299. The van der Waals surface area contributed by atoms with E-state index in [-0.39, 0.29) is 5.97 Å². The van der Waals surface area contributed by atoms with Crippen LogP contribution >= 0.6 is 0 Å². The van der Waals surface area contributed by atoms with Crippen molar-refractivity contribution in [2.45, 2.75) is 33.6 Å². The zero-order valence-corrected chi connectivity index (χ0v) is 11.0. The Labute approximate surface area is 105 Å². The van der Waals surface area contributed by atoms with Gasteiger partial charge in [-0.15, -0.1) is 10.2 Å². The summed E-state index contributed by atoms with van der Waals surface area (Å²) in [6.45, 7) is 7.66. The van der Waals surface area contributed by atoms with E-state index < -0.39 is 5.92 Å². The van der Waals surface area contributed by atoms with E-state index >= 15 is 0 Å². The molecule has 0 bridgehead atoms. The second-order valence-corrected chi connectivity index (χ2v) is 4.17. The predicted octanol–water partition coefficient (Wildman–Crippen LogP) is 1.41. The molecule has 2 rings (SSSR count). The van der Waals surface area contributed by atoms with E-state index in [1.807, 2.05) is 19.9 Å². The molecule has 0 spiro atoms. The SMILES string of the molecule is CCOC(=O)C(C)c1nnc2cc(C)nc(C)n12. The molecule has 0 amide bonds. The predicted molar refractivity (Wildman–Crippen MR) is 65.3 cm³/mol. The molecule has 1 unspecified atom stereocenters. The largest absolute Gasteiger partial charge is 0.465 e. The van der Waals surface area contributed by atoms with Gasteiger partial charge in [0, 0.05) is 11.8 Å². The molecule has 0 saturated heterocycles. The number of hydrogen-bond acceptors (Lipinski definition) is 5. The number of esters is 1. The highest BCUT2D eigenvalue weighted by atomic mass is 16.5. The Morgan fingerprint density at radius 1 is 1.44 bits per heavy atom. The molecule has 0 aliphatic rings. The van der Waals surface area contributed by atoms with Crippen molar-refractivity contribution in [2.24, 2.45) is 0 Å². The topological polar surface area (TPSA) is 69.4 Å². The molecule has 0 fully saturated rings. The second-order valence-electron chi connectivity index (χ2n) is 4.17. The number of nitrogens with zero attached hydrogens (tertiary/aromatic N) is 4. The van der Waals surface area contributed by atoms with Crippen LogP contribution in [0.15, 0.2) is 6.07 Å². The van der Waals surface area contributed by atoms with Crippen molar-refractivity contribution in [3.63, 3.8) is 0 Å². The van der Waals surface area contributed by atoms with Gasteiger partial charge in [-0.25, -0.2) is 4.98 Å². The number of rotatable bonds is 3. The van der Waals surface area contributed by atoms with Gasteiger partial charge in [-0.3, -0.25) is 9.20 Å². The van der Waals surface area contributed by atoms with Crippen LogP contribution < -0.4 is 0 Å². The van der Waals surface area contributed by atoms with Gasteiger partial charge in [0.25, 0.3) is 0 Å². The normalized spacial score (nSPS) is 12.7. The third-order valence-electron chi connectivity index (χ3n) is 2.74. The first-order valence-electron chi connectivity index (χ1n) is 5.90. The van der Waals surface area contributed by atoms with Gasteiger partial charge in [0.1, 0.15) is 11.7 Å². The quantitative estimate of drug-likeness (QED) is 0.768. The van der Waals surface area contributed by atoms with Crippen LogP contribution in [0.3, 0.4) is 0 Å². The number of fused-ring (bicyclic) bond motifs is 1. The Morgan fingerprint density at radius 3 is 2.83 bits per heavy atom. The lowest BCUT2D eigenvalue weighted by Crippen LogP contribution is -2.16. The van der Waals surface area contributed by atoms with Crippen LogP contribution in [-0.2, 0) is 9.53 Å². The van der Waals surface area contributed by atoms with Crippen molar-refractivity contribution in [1.82, 2.24) is 19.6 Å². The first kappa shape index (κ1) is 12.5. The lowest BCUT2D eigenvalue weighted by molar-refractivity contribution is -0.144. The van der Waals surface area contributed by atoms with Gasteiger partial charge in [-0.1, -0.05) is 0 Å².